The largest absolute Gasteiger partial charge is 0.497 e. The van der Waals surface area contributed by atoms with E-state index in [-0.39, 0.29) is 29.4 Å². The summed E-state index contributed by atoms with van der Waals surface area (Å²) >= 11 is 0. The zero-order chi connectivity index (χ0) is 20.6. The fourth-order valence-electron chi connectivity index (χ4n) is 2.76. The number of carbonyl (C=O) groups excluding carboxylic acids is 2. The highest BCUT2D eigenvalue weighted by molar-refractivity contribution is 6.44. The first-order valence-electron chi connectivity index (χ1n) is 8.17. The highest BCUT2D eigenvalue weighted by Crippen LogP contribution is 2.27. The van der Waals surface area contributed by atoms with Crippen LogP contribution in [0.4, 0.5) is 11.5 Å². The summed E-state index contributed by atoms with van der Waals surface area (Å²) in [5.74, 6) is -1.34. The Kier molecular flexibility index (Phi) is 4.78. The lowest BCUT2D eigenvalue weighted by Gasteiger charge is -2.17. The van der Waals surface area contributed by atoms with Crippen molar-refractivity contribution in [2.24, 2.45) is 14.1 Å². The number of nitrogens with one attached hydrogen (secondary N) is 1. The molecular formula is C18H18N4O6. The predicted molar refractivity (Wildman–Crippen MR) is 101 cm³/mol. The second-order valence-electron chi connectivity index (χ2n) is 6.08. The summed E-state index contributed by atoms with van der Waals surface area (Å²) in [5.41, 5.74) is 5.30. The summed E-state index contributed by atoms with van der Waals surface area (Å²) in [5, 5.41) is 2.84. The van der Waals surface area contributed by atoms with Crippen LogP contribution in [0, 0.1) is 0 Å². The number of ketones is 1. The molecule has 1 aliphatic rings. The Hall–Kier alpha value is -3.82. The average Bonchev–Trinajstić information content (AvgIpc) is 3.04. The summed E-state index contributed by atoms with van der Waals surface area (Å²) in [6.45, 7) is -0.252. The Morgan fingerprint density at radius 2 is 1.75 bits per heavy atom. The van der Waals surface area contributed by atoms with Gasteiger partial charge in [0.1, 0.15) is 23.9 Å². The second-order valence-corrected chi connectivity index (χ2v) is 6.08. The number of nitrogen functional groups attached to an aromatic ring is 1. The predicted octanol–water partition coefficient (Wildman–Crippen LogP) is -0.376. The second kappa shape index (κ2) is 7.06. The van der Waals surface area contributed by atoms with Crippen molar-refractivity contribution in [1.82, 2.24) is 9.13 Å². The molecular weight excluding hydrogens is 368 g/mol. The molecule has 0 radical (unpaired) electrons. The van der Waals surface area contributed by atoms with Crippen molar-refractivity contribution in [3.8, 4) is 5.75 Å². The molecule has 2 aromatic rings. The summed E-state index contributed by atoms with van der Waals surface area (Å²) in [6, 6.07) is 6.60. The van der Waals surface area contributed by atoms with Gasteiger partial charge in [0.2, 0.25) is 0 Å². The van der Waals surface area contributed by atoms with Crippen molar-refractivity contribution in [3.63, 3.8) is 0 Å². The Balaban J connectivity index is 2.21. The van der Waals surface area contributed by atoms with E-state index in [0.717, 1.165) is 9.13 Å². The zero-order valence-corrected chi connectivity index (χ0v) is 15.4. The molecule has 2 heterocycles. The Morgan fingerprint density at radius 3 is 2.29 bits per heavy atom. The first kappa shape index (κ1) is 19.0. The van der Waals surface area contributed by atoms with E-state index in [1.807, 2.05) is 0 Å². The monoisotopic (exact) mass is 386 g/mol. The molecule has 3 rings (SSSR count). The zero-order valence-electron chi connectivity index (χ0n) is 15.4. The van der Waals surface area contributed by atoms with Crippen LogP contribution in [0.5, 0.6) is 5.75 Å². The summed E-state index contributed by atoms with van der Waals surface area (Å²) in [7, 11) is 4.23. The van der Waals surface area contributed by atoms with Gasteiger partial charge in [-0.3, -0.25) is 18.7 Å². The minimum Gasteiger partial charge on any atom is -0.497 e. The van der Waals surface area contributed by atoms with E-state index < -0.39 is 23.0 Å². The van der Waals surface area contributed by atoms with Gasteiger partial charge in [-0.15, -0.1) is 0 Å². The minimum absolute atomic E-state index is 0.0467. The number of nitrogens with zero attached hydrogens (tertiary/aromatic N) is 2. The smallest absolute Gasteiger partial charge is 0.379 e. The highest BCUT2D eigenvalue weighted by Gasteiger charge is 2.33. The topological polar surface area (TPSA) is 135 Å². The number of aromatic nitrogens is 2. The number of esters is 1. The molecule has 1 aromatic heterocycles. The fraction of sp³-hybridized carbons (Fsp3) is 0.222. The van der Waals surface area contributed by atoms with Crippen molar-refractivity contribution >= 4 is 29.0 Å². The number of carbonyl (C=O) groups is 2. The van der Waals surface area contributed by atoms with Crippen molar-refractivity contribution in [2.45, 2.75) is 0 Å². The molecule has 0 bridgehead atoms. The Morgan fingerprint density at radius 1 is 1.11 bits per heavy atom. The lowest BCUT2D eigenvalue weighted by Crippen LogP contribution is -2.39. The maximum atomic E-state index is 12.6. The SMILES string of the molecule is COc1ccc(/C(Nc2c(N)n(C)c(=O)n(C)c2=O)=C2\COC(=O)C2=O)cc1. The van der Waals surface area contributed by atoms with Crippen LogP contribution in [-0.4, -0.2) is 34.6 Å². The molecule has 10 heteroatoms. The maximum Gasteiger partial charge on any atom is 0.379 e. The Labute approximate surface area is 158 Å². The normalized spacial score (nSPS) is 15.4. The highest BCUT2D eigenvalue weighted by atomic mass is 16.5. The summed E-state index contributed by atoms with van der Waals surface area (Å²) in [6.07, 6.45) is 0. The van der Waals surface area contributed by atoms with Gasteiger partial charge in [0.05, 0.1) is 18.4 Å². The first-order valence-corrected chi connectivity index (χ1v) is 8.17. The van der Waals surface area contributed by atoms with Crippen molar-refractivity contribution in [3.05, 3.63) is 56.2 Å². The molecule has 0 amide bonds. The van der Waals surface area contributed by atoms with E-state index in [4.69, 9.17) is 15.2 Å². The van der Waals surface area contributed by atoms with E-state index in [9.17, 15) is 19.2 Å². The third-order valence-electron chi connectivity index (χ3n) is 4.45. The number of methoxy groups -OCH3 is 1. The third kappa shape index (κ3) is 3.04. The molecule has 1 aliphatic heterocycles. The number of anilines is 2. The molecule has 0 spiro atoms. The lowest BCUT2D eigenvalue weighted by atomic mass is 10.0. The van der Waals surface area contributed by atoms with Gasteiger partial charge in [0.15, 0.2) is 0 Å². The van der Waals surface area contributed by atoms with Crippen molar-refractivity contribution < 1.29 is 19.1 Å². The van der Waals surface area contributed by atoms with E-state index in [1.165, 1.54) is 21.2 Å². The molecule has 0 unspecified atom stereocenters. The maximum absolute atomic E-state index is 12.6. The molecule has 1 saturated heterocycles. The number of rotatable bonds is 4. The van der Waals surface area contributed by atoms with Crippen LogP contribution in [0.1, 0.15) is 5.56 Å². The van der Waals surface area contributed by atoms with E-state index in [2.05, 4.69) is 5.32 Å². The molecule has 1 aromatic carbocycles. The van der Waals surface area contributed by atoms with Gasteiger partial charge in [-0.1, -0.05) is 0 Å². The number of Topliss-reactive ketones (excluding diaryl/α,β-unsaturated/α-hetero) is 1. The van der Waals surface area contributed by atoms with E-state index >= 15 is 0 Å². The van der Waals surface area contributed by atoms with Gasteiger partial charge < -0.3 is 20.5 Å². The van der Waals surface area contributed by atoms with Gasteiger partial charge in [-0.25, -0.2) is 9.59 Å². The number of benzene rings is 1. The van der Waals surface area contributed by atoms with Gasteiger partial charge in [-0.2, -0.15) is 0 Å². The van der Waals surface area contributed by atoms with Gasteiger partial charge in [0.25, 0.3) is 11.3 Å². The molecule has 1 fully saturated rings. The van der Waals surface area contributed by atoms with Gasteiger partial charge in [0, 0.05) is 14.1 Å². The molecule has 3 N–H and O–H groups in total. The van der Waals surface area contributed by atoms with Crippen LogP contribution in [0.15, 0.2) is 39.4 Å². The third-order valence-corrected chi connectivity index (χ3v) is 4.45. The number of hydrogen-bond acceptors (Lipinski definition) is 8. The van der Waals surface area contributed by atoms with Crippen LogP contribution in [-0.2, 0) is 28.4 Å². The van der Waals surface area contributed by atoms with Crippen molar-refractivity contribution in [1.29, 1.82) is 0 Å². The molecule has 0 aliphatic carbocycles. The molecule has 10 nitrogen and oxygen atoms in total. The number of ether oxygens (including phenoxy) is 2. The van der Waals surface area contributed by atoms with Crippen LogP contribution >= 0.6 is 0 Å². The van der Waals surface area contributed by atoms with Crippen LogP contribution in [0.3, 0.4) is 0 Å². The van der Waals surface area contributed by atoms with Crippen LogP contribution < -0.4 is 27.0 Å². The Bertz CT molecular complexity index is 1120. The fourth-order valence-corrected chi connectivity index (χ4v) is 2.76. The average molecular weight is 386 g/mol. The molecule has 0 saturated carbocycles. The van der Waals surface area contributed by atoms with Crippen LogP contribution in [0.2, 0.25) is 0 Å². The number of cyclic esters (lactones) is 1. The van der Waals surface area contributed by atoms with Crippen LogP contribution in [0.25, 0.3) is 5.70 Å². The number of hydrogen-bond donors (Lipinski definition) is 2. The summed E-state index contributed by atoms with van der Waals surface area (Å²) in [4.78, 5) is 48.4. The van der Waals surface area contributed by atoms with E-state index in [0.29, 0.717) is 11.3 Å². The summed E-state index contributed by atoms with van der Waals surface area (Å²) < 4.78 is 11.9. The standard InChI is InChI=1S/C18H18N4O6/c1-21-15(19)13(16(24)22(2)18(21)26)20-12(11-8-28-17(25)14(11)23)9-4-6-10(27-3)7-5-9/h4-7,20H,8,19H2,1-3H3/b12-11-. The minimum atomic E-state index is -0.982. The quantitative estimate of drug-likeness (QED) is 0.413. The molecule has 28 heavy (non-hydrogen) atoms. The first-order chi connectivity index (χ1) is 13.3. The van der Waals surface area contributed by atoms with Gasteiger partial charge in [-0.05, 0) is 29.8 Å². The van der Waals surface area contributed by atoms with Gasteiger partial charge >= 0.3 is 11.7 Å². The molecule has 0 atom stereocenters. The number of nitrogens with two attached hydrogens (primary N) is 1. The molecule has 146 valence electrons. The van der Waals surface area contributed by atoms with Crippen molar-refractivity contribution in [2.75, 3.05) is 24.8 Å². The lowest BCUT2D eigenvalue weighted by molar-refractivity contribution is -0.146. The van der Waals surface area contributed by atoms with E-state index in [1.54, 1.807) is 24.3 Å².